The number of methoxy groups -OCH3 is 1. The molecule has 4 rings (SSSR count). The Balaban J connectivity index is 1.41. The van der Waals surface area contributed by atoms with Gasteiger partial charge in [-0.25, -0.2) is 4.79 Å². The molecule has 5 nitrogen and oxygen atoms in total. The van der Waals surface area contributed by atoms with Crippen molar-refractivity contribution in [1.82, 2.24) is 4.90 Å². The number of likely N-dealkylation sites (tertiary alicyclic amines) is 1. The molecule has 0 radical (unpaired) electrons. The number of rotatable bonds is 8. The summed E-state index contributed by atoms with van der Waals surface area (Å²) < 4.78 is 4.74. The van der Waals surface area contributed by atoms with Crippen molar-refractivity contribution < 1.29 is 19.4 Å². The Morgan fingerprint density at radius 3 is 2.52 bits per heavy atom. The highest BCUT2D eigenvalue weighted by Gasteiger charge is 2.41. The van der Waals surface area contributed by atoms with Gasteiger partial charge in [-0.1, -0.05) is 67.5 Å². The SMILES string of the molecule is COC(=O)c1ccc(CCN2C(=O)CCC2C=CC(O)C2(c3ccccc3)CCCC2)cc1. The molecule has 2 aliphatic rings. The minimum absolute atomic E-state index is 0.00992. The predicted molar refractivity (Wildman–Crippen MR) is 128 cm³/mol. The second-order valence-electron chi connectivity index (χ2n) is 9.19. The third-order valence-corrected chi connectivity index (χ3v) is 7.32. The number of hydrogen-bond acceptors (Lipinski definition) is 4. The molecule has 0 spiro atoms. The fourth-order valence-electron chi connectivity index (χ4n) is 5.37. The van der Waals surface area contributed by atoms with Crippen LogP contribution in [0.25, 0.3) is 0 Å². The summed E-state index contributed by atoms with van der Waals surface area (Å²) >= 11 is 0. The van der Waals surface area contributed by atoms with Gasteiger partial charge in [0, 0.05) is 18.4 Å². The van der Waals surface area contributed by atoms with Gasteiger partial charge in [-0.15, -0.1) is 0 Å². The second-order valence-corrected chi connectivity index (χ2v) is 9.19. The second kappa shape index (κ2) is 10.3. The summed E-state index contributed by atoms with van der Waals surface area (Å²) in [5.74, 6) is -0.195. The number of amides is 1. The molecule has 2 aromatic carbocycles. The Morgan fingerprint density at radius 1 is 1.15 bits per heavy atom. The summed E-state index contributed by atoms with van der Waals surface area (Å²) in [6.45, 7) is 0.616. The van der Waals surface area contributed by atoms with Crippen LogP contribution in [0.2, 0.25) is 0 Å². The van der Waals surface area contributed by atoms with E-state index in [9.17, 15) is 14.7 Å². The zero-order valence-corrected chi connectivity index (χ0v) is 19.3. The molecule has 174 valence electrons. The first-order valence-electron chi connectivity index (χ1n) is 11.9. The minimum atomic E-state index is -0.564. The van der Waals surface area contributed by atoms with Crippen LogP contribution in [-0.2, 0) is 21.4 Å². The van der Waals surface area contributed by atoms with E-state index in [1.54, 1.807) is 12.1 Å². The van der Waals surface area contributed by atoms with E-state index in [1.807, 2.05) is 47.4 Å². The molecule has 1 saturated heterocycles. The average molecular weight is 448 g/mol. The van der Waals surface area contributed by atoms with Gasteiger partial charge in [0.2, 0.25) is 5.91 Å². The van der Waals surface area contributed by atoms with E-state index in [-0.39, 0.29) is 23.3 Å². The molecule has 1 N–H and O–H groups in total. The van der Waals surface area contributed by atoms with E-state index in [1.165, 1.54) is 12.7 Å². The molecule has 1 amide bonds. The number of benzene rings is 2. The van der Waals surface area contributed by atoms with Crippen LogP contribution in [0.4, 0.5) is 0 Å². The van der Waals surface area contributed by atoms with Gasteiger partial charge in [0.05, 0.1) is 24.8 Å². The van der Waals surface area contributed by atoms with Gasteiger partial charge in [0.1, 0.15) is 0 Å². The summed E-state index contributed by atoms with van der Waals surface area (Å²) in [7, 11) is 1.37. The molecule has 0 aromatic heterocycles. The number of carbonyl (C=O) groups excluding carboxylic acids is 2. The van der Waals surface area contributed by atoms with Crippen molar-refractivity contribution in [2.75, 3.05) is 13.7 Å². The van der Waals surface area contributed by atoms with E-state index in [0.29, 0.717) is 24.9 Å². The maximum Gasteiger partial charge on any atom is 0.337 e. The van der Waals surface area contributed by atoms with E-state index in [2.05, 4.69) is 12.1 Å². The smallest absolute Gasteiger partial charge is 0.337 e. The fraction of sp³-hybridized carbons (Fsp3) is 0.429. The molecule has 1 aliphatic carbocycles. The highest BCUT2D eigenvalue weighted by Crippen LogP contribution is 2.44. The molecule has 2 aromatic rings. The number of aliphatic hydroxyl groups excluding tert-OH is 1. The molecular weight excluding hydrogens is 414 g/mol. The van der Waals surface area contributed by atoms with Crippen LogP contribution in [0.3, 0.4) is 0 Å². The third kappa shape index (κ3) is 5.03. The lowest BCUT2D eigenvalue weighted by Gasteiger charge is -2.34. The maximum absolute atomic E-state index is 12.5. The van der Waals surface area contributed by atoms with Gasteiger partial charge in [-0.2, -0.15) is 0 Å². The summed E-state index contributed by atoms with van der Waals surface area (Å²) in [5.41, 5.74) is 2.56. The van der Waals surface area contributed by atoms with Crippen molar-refractivity contribution >= 4 is 11.9 Å². The normalized spacial score (nSPS) is 21.0. The van der Waals surface area contributed by atoms with E-state index >= 15 is 0 Å². The Hall–Kier alpha value is -2.92. The first-order chi connectivity index (χ1) is 16.0. The highest BCUT2D eigenvalue weighted by atomic mass is 16.5. The molecule has 2 fully saturated rings. The molecule has 1 saturated carbocycles. The van der Waals surface area contributed by atoms with Crippen LogP contribution in [0.5, 0.6) is 0 Å². The number of ether oxygens (including phenoxy) is 1. The quantitative estimate of drug-likeness (QED) is 0.480. The Morgan fingerprint density at radius 2 is 1.85 bits per heavy atom. The summed E-state index contributed by atoms with van der Waals surface area (Å²) in [6, 6.07) is 17.7. The number of nitrogens with zero attached hydrogens (tertiary/aromatic N) is 1. The van der Waals surface area contributed by atoms with Gasteiger partial charge in [-0.05, 0) is 48.9 Å². The van der Waals surface area contributed by atoms with Crippen molar-refractivity contribution in [1.29, 1.82) is 0 Å². The molecule has 0 bridgehead atoms. The number of esters is 1. The zero-order valence-electron chi connectivity index (χ0n) is 19.3. The predicted octanol–water partition coefficient (Wildman–Crippen LogP) is 4.44. The number of hydrogen-bond donors (Lipinski definition) is 1. The minimum Gasteiger partial charge on any atom is -0.465 e. The molecule has 1 aliphatic heterocycles. The Kier molecular flexibility index (Phi) is 7.29. The summed E-state index contributed by atoms with van der Waals surface area (Å²) in [5, 5.41) is 11.2. The molecule has 2 unspecified atom stereocenters. The van der Waals surface area contributed by atoms with Crippen LogP contribution in [0.1, 0.15) is 60.0 Å². The van der Waals surface area contributed by atoms with E-state index in [4.69, 9.17) is 4.74 Å². The van der Waals surface area contributed by atoms with Crippen LogP contribution in [0.15, 0.2) is 66.7 Å². The molecule has 2 atom stereocenters. The standard InChI is InChI=1S/C28H33NO4/c1-33-27(32)22-11-9-21(10-12-22)17-20-29-24(14-16-26(29)31)13-15-25(30)28(18-5-6-19-28)23-7-3-2-4-8-23/h2-4,7-13,15,24-25,30H,5-6,14,16-20H2,1H3. The lowest BCUT2D eigenvalue weighted by molar-refractivity contribution is -0.128. The average Bonchev–Trinajstić information content (AvgIpc) is 3.49. The lowest BCUT2D eigenvalue weighted by Crippen LogP contribution is -2.37. The van der Waals surface area contributed by atoms with Gasteiger partial charge in [-0.3, -0.25) is 4.79 Å². The fourth-order valence-corrected chi connectivity index (χ4v) is 5.37. The van der Waals surface area contributed by atoms with Crippen LogP contribution in [-0.4, -0.2) is 47.7 Å². The van der Waals surface area contributed by atoms with Crippen molar-refractivity contribution in [3.63, 3.8) is 0 Å². The van der Waals surface area contributed by atoms with Crippen LogP contribution >= 0.6 is 0 Å². The van der Waals surface area contributed by atoms with Crippen molar-refractivity contribution in [2.45, 2.75) is 62.5 Å². The molecule has 33 heavy (non-hydrogen) atoms. The van der Waals surface area contributed by atoms with Crippen LogP contribution < -0.4 is 0 Å². The molecule has 1 heterocycles. The monoisotopic (exact) mass is 447 g/mol. The Labute approximate surface area is 196 Å². The first-order valence-corrected chi connectivity index (χ1v) is 11.9. The maximum atomic E-state index is 12.5. The molecule has 5 heteroatoms. The Bertz CT molecular complexity index is 977. The van der Waals surface area contributed by atoms with Gasteiger partial charge in [0.15, 0.2) is 0 Å². The van der Waals surface area contributed by atoms with Gasteiger partial charge < -0.3 is 14.7 Å². The largest absolute Gasteiger partial charge is 0.465 e. The van der Waals surface area contributed by atoms with Crippen LogP contribution in [0, 0.1) is 0 Å². The summed E-state index contributed by atoms with van der Waals surface area (Å²) in [4.78, 5) is 26.1. The van der Waals surface area contributed by atoms with E-state index < -0.39 is 6.10 Å². The number of aliphatic hydroxyl groups is 1. The third-order valence-electron chi connectivity index (χ3n) is 7.32. The van der Waals surface area contributed by atoms with Crippen molar-refractivity contribution in [3.8, 4) is 0 Å². The number of carbonyl (C=O) groups is 2. The highest BCUT2D eigenvalue weighted by molar-refractivity contribution is 5.89. The molecular formula is C28H33NO4. The lowest BCUT2D eigenvalue weighted by atomic mass is 9.74. The topological polar surface area (TPSA) is 66.8 Å². The van der Waals surface area contributed by atoms with E-state index in [0.717, 1.165) is 37.7 Å². The summed E-state index contributed by atoms with van der Waals surface area (Å²) in [6.07, 6.45) is 9.66. The van der Waals surface area contributed by atoms with Crippen molar-refractivity contribution in [3.05, 3.63) is 83.4 Å². The van der Waals surface area contributed by atoms with Crippen molar-refractivity contribution in [2.24, 2.45) is 0 Å². The van der Waals surface area contributed by atoms with Gasteiger partial charge in [0.25, 0.3) is 0 Å². The van der Waals surface area contributed by atoms with Gasteiger partial charge >= 0.3 is 5.97 Å². The zero-order chi connectivity index (χ0) is 23.3. The first kappa shape index (κ1) is 23.2.